The summed E-state index contributed by atoms with van der Waals surface area (Å²) < 4.78 is 5.64. The van der Waals surface area contributed by atoms with Crippen LogP contribution >= 0.6 is 0 Å². The molecule has 0 aromatic carbocycles. The van der Waals surface area contributed by atoms with Gasteiger partial charge in [0.2, 0.25) is 0 Å². The van der Waals surface area contributed by atoms with Crippen LogP contribution in [0.2, 0.25) is 0 Å². The Kier molecular flexibility index (Phi) is 4.59. The number of hydrogen-bond donors (Lipinski definition) is 1. The molecule has 3 nitrogen and oxygen atoms in total. The van der Waals surface area contributed by atoms with E-state index in [1.807, 2.05) is 0 Å². The van der Waals surface area contributed by atoms with Gasteiger partial charge in [-0.1, -0.05) is 34.6 Å². The van der Waals surface area contributed by atoms with Gasteiger partial charge in [0.05, 0.1) is 6.61 Å². The minimum Gasteiger partial charge on any atom is -0.380 e. The number of nitrogens with zero attached hydrogens (tertiary/aromatic N) is 1. The van der Waals surface area contributed by atoms with Crippen molar-refractivity contribution in [3.05, 3.63) is 0 Å². The van der Waals surface area contributed by atoms with Crippen molar-refractivity contribution in [3.63, 3.8) is 0 Å². The van der Waals surface area contributed by atoms with Gasteiger partial charge >= 0.3 is 0 Å². The first kappa shape index (κ1) is 15.3. The Balaban J connectivity index is 2.18. The zero-order chi connectivity index (χ0) is 14.1. The SMILES string of the molecule is CCC1(CC)CN(C2CCOC2)C(C(C)(C)C)CN1. The number of piperazine rings is 1. The second-order valence-corrected chi connectivity index (χ2v) is 7.44. The Bertz CT molecular complexity index is 288. The van der Waals surface area contributed by atoms with Gasteiger partial charge in [-0.05, 0) is 24.7 Å². The molecule has 0 aliphatic carbocycles. The van der Waals surface area contributed by atoms with Gasteiger partial charge in [-0.3, -0.25) is 4.90 Å². The Hall–Kier alpha value is -0.120. The molecular formula is C16H32N2O. The normalized spacial score (nSPS) is 32.7. The molecule has 1 N–H and O–H groups in total. The van der Waals surface area contributed by atoms with Crippen LogP contribution in [0.25, 0.3) is 0 Å². The van der Waals surface area contributed by atoms with Crippen LogP contribution in [0.1, 0.15) is 53.9 Å². The van der Waals surface area contributed by atoms with Crippen molar-refractivity contribution >= 4 is 0 Å². The van der Waals surface area contributed by atoms with Crippen molar-refractivity contribution in [2.45, 2.75) is 71.5 Å². The molecule has 0 aromatic heterocycles. The summed E-state index contributed by atoms with van der Waals surface area (Å²) in [4.78, 5) is 2.76. The van der Waals surface area contributed by atoms with Gasteiger partial charge in [-0.2, -0.15) is 0 Å². The number of rotatable bonds is 3. The van der Waals surface area contributed by atoms with Gasteiger partial charge < -0.3 is 10.1 Å². The van der Waals surface area contributed by atoms with E-state index in [1.54, 1.807) is 0 Å². The van der Waals surface area contributed by atoms with Crippen LogP contribution in [-0.2, 0) is 4.74 Å². The molecule has 2 aliphatic rings. The van der Waals surface area contributed by atoms with E-state index >= 15 is 0 Å². The molecule has 2 fully saturated rings. The number of nitrogens with one attached hydrogen (secondary N) is 1. The highest BCUT2D eigenvalue weighted by Crippen LogP contribution is 2.34. The predicted octanol–water partition coefficient (Wildman–Crippen LogP) is 2.65. The van der Waals surface area contributed by atoms with E-state index in [1.165, 1.54) is 25.8 Å². The maximum Gasteiger partial charge on any atom is 0.0622 e. The van der Waals surface area contributed by atoms with Crippen LogP contribution in [0.5, 0.6) is 0 Å². The average Bonchev–Trinajstić information content (AvgIpc) is 2.90. The van der Waals surface area contributed by atoms with E-state index in [2.05, 4.69) is 44.8 Å². The van der Waals surface area contributed by atoms with Gasteiger partial charge in [-0.15, -0.1) is 0 Å². The summed E-state index contributed by atoms with van der Waals surface area (Å²) >= 11 is 0. The lowest BCUT2D eigenvalue weighted by atomic mass is 9.79. The lowest BCUT2D eigenvalue weighted by Gasteiger charge is -2.53. The fourth-order valence-corrected chi connectivity index (χ4v) is 3.64. The minimum atomic E-state index is 0.310. The van der Waals surface area contributed by atoms with Crippen molar-refractivity contribution in [3.8, 4) is 0 Å². The molecule has 2 rings (SSSR count). The van der Waals surface area contributed by atoms with Crippen molar-refractivity contribution in [2.75, 3.05) is 26.3 Å². The van der Waals surface area contributed by atoms with Gasteiger partial charge in [0.15, 0.2) is 0 Å². The van der Waals surface area contributed by atoms with E-state index in [9.17, 15) is 0 Å². The van der Waals surface area contributed by atoms with Gasteiger partial charge in [0, 0.05) is 37.3 Å². The zero-order valence-corrected chi connectivity index (χ0v) is 13.5. The number of hydrogen-bond acceptors (Lipinski definition) is 3. The largest absolute Gasteiger partial charge is 0.380 e. The molecule has 2 atom stereocenters. The molecule has 3 heteroatoms. The summed E-state index contributed by atoms with van der Waals surface area (Å²) in [6.07, 6.45) is 3.63. The van der Waals surface area contributed by atoms with E-state index in [4.69, 9.17) is 4.74 Å². The Morgan fingerprint density at radius 3 is 2.42 bits per heavy atom. The third-order valence-corrected chi connectivity index (χ3v) is 5.28. The maximum atomic E-state index is 5.64. The summed E-state index contributed by atoms with van der Waals surface area (Å²) in [6.45, 7) is 15.9. The molecule has 0 radical (unpaired) electrons. The van der Waals surface area contributed by atoms with Crippen molar-refractivity contribution < 1.29 is 4.74 Å². The monoisotopic (exact) mass is 268 g/mol. The van der Waals surface area contributed by atoms with Gasteiger partial charge in [-0.25, -0.2) is 0 Å². The molecule has 112 valence electrons. The van der Waals surface area contributed by atoms with Crippen LogP contribution in [-0.4, -0.2) is 48.8 Å². The second-order valence-electron chi connectivity index (χ2n) is 7.44. The third-order valence-electron chi connectivity index (χ3n) is 5.28. The van der Waals surface area contributed by atoms with Crippen LogP contribution in [0.4, 0.5) is 0 Å². The molecule has 0 spiro atoms. The van der Waals surface area contributed by atoms with E-state index in [0.29, 0.717) is 23.0 Å². The van der Waals surface area contributed by atoms with Crippen LogP contribution in [0.3, 0.4) is 0 Å². The van der Waals surface area contributed by atoms with Crippen molar-refractivity contribution in [2.24, 2.45) is 5.41 Å². The maximum absolute atomic E-state index is 5.64. The molecule has 2 aliphatic heterocycles. The van der Waals surface area contributed by atoms with E-state index in [0.717, 1.165) is 19.8 Å². The summed E-state index contributed by atoms with van der Waals surface area (Å²) in [5.74, 6) is 0. The fourth-order valence-electron chi connectivity index (χ4n) is 3.64. The topological polar surface area (TPSA) is 24.5 Å². The van der Waals surface area contributed by atoms with Gasteiger partial charge in [0.25, 0.3) is 0 Å². The van der Waals surface area contributed by atoms with Crippen molar-refractivity contribution in [1.82, 2.24) is 10.2 Å². The highest BCUT2D eigenvalue weighted by Gasteiger charge is 2.44. The molecule has 2 unspecified atom stereocenters. The first-order valence-corrected chi connectivity index (χ1v) is 8.00. The number of ether oxygens (including phenoxy) is 1. The summed E-state index contributed by atoms with van der Waals surface area (Å²) in [7, 11) is 0. The fraction of sp³-hybridized carbons (Fsp3) is 1.00. The molecule has 2 saturated heterocycles. The molecule has 0 amide bonds. The predicted molar refractivity (Wildman–Crippen MR) is 80.5 cm³/mol. The summed E-state index contributed by atoms with van der Waals surface area (Å²) in [6, 6.07) is 1.24. The summed E-state index contributed by atoms with van der Waals surface area (Å²) in [5.41, 5.74) is 0.633. The van der Waals surface area contributed by atoms with E-state index < -0.39 is 0 Å². The standard InChI is InChI=1S/C16H32N2O/c1-6-16(7-2)12-18(13-8-9-19-11-13)14(10-17-16)15(3,4)5/h13-14,17H,6-12H2,1-5H3. The van der Waals surface area contributed by atoms with Crippen LogP contribution < -0.4 is 5.32 Å². The molecule has 19 heavy (non-hydrogen) atoms. The summed E-state index contributed by atoms with van der Waals surface area (Å²) in [5, 5.41) is 3.86. The highest BCUT2D eigenvalue weighted by atomic mass is 16.5. The highest BCUT2D eigenvalue weighted by molar-refractivity contribution is 5.02. The lowest BCUT2D eigenvalue weighted by Crippen LogP contribution is -2.68. The Morgan fingerprint density at radius 2 is 1.95 bits per heavy atom. The quantitative estimate of drug-likeness (QED) is 0.851. The Morgan fingerprint density at radius 1 is 1.26 bits per heavy atom. The average molecular weight is 268 g/mol. The van der Waals surface area contributed by atoms with Gasteiger partial charge in [0.1, 0.15) is 0 Å². The van der Waals surface area contributed by atoms with Crippen molar-refractivity contribution in [1.29, 1.82) is 0 Å². The first-order chi connectivity index (χ1) is 8.92. The Labute approximate surface area is 119 Å². The van der Waals surface area contributed by atoms with E-state index in [-0.39, 0.29) is 0 Å². The first-order valence-electron chi connectivity index (χ1n) is 8.00. The third kappa shape index (κ3) is 3.14. The van der Waals surface area contributed by atoms with Crippen LogP contribution in [0.15, 0.2) is 0 Å². The zero-order valence-electron chi connectivity index (χ0n) is 13.5. The molecule has 0 aromatic rings. The second kappa shape index (κ2) is 5.71. The molecular weight excluding hydrogens is 236 g/mol. The smallest absolute Gasteiger partial charge is 0.0622 e. The molecule has 0 saturated carbocycles. The van der Waals surface area contributed by atoms with Crippen LogP contribution in [0, 0.1) is 5.41 Å². The minimum absolute atomic E-state index is 0.310. The molecule has 2 heterocycles. The molecule has 0 bridgehead atoms. The lowest BCUT2D eigenvalue weighted by molar-refractivity contribution is -0.0134.